The lowest BCUT2D eigenvalue weighted by Crippen LogP contribution is -2.37. The van der Waals surface area contributed by atoms with Gasteiger partial charge in [-0.3, -0.25) is 9.98 Å². The van der Waals surface area contributed by atoms with Crippen LogP contribution >= 0.6 is 0 Å². The average molecular weight is 549 g/mol. The summed E-state index contributed by atoms with van der Waals surface area (Å²) in [5, 5.41) is 29.4. The molecule has 0 amide bonds. The van der Waals surface area contributed by atoms with Crippen molar-refractivity contribution in [3.63, 3.8) is 0 Å². The fraction of sp³-hybridized carbons (Fsp3) is 0.588. The zero-order chi connectivity index (χ0) is 29.9. The molecule has 1 heterocycles. The average Bonchev–Trinajstić information content (AvgIpc) is 2.80. The number of fused-ring (bicyclic) bond motifs is 4. The van der Waals surface area contributed by atoms with E-state index in [2.05, 4.69) is 104 Å². The van der Waals surface area contributed by atoms with E-state index in [1.165, 1.54) is 11.1 Å². The molecule has 4 bridgehead atoms. The summed E-state index contributed by atoms with van der Waals surface area (Å²) in [7, 11) is 0. The maximum absolute atomic E-state index is 11.1. The quantitative estimate of drug-likeness (QED) is 0.304. The summed E-state index contributed by atoms with van der Waals surface area (Å²) in [5.41, 5.74) is 5.26. The molecule has 2 aromatic rings. The second-order valence-electron chi connectivity index (χ2n) is 15.1. The highest BCUT2D eigenvalue weighted by Gasteiger charge is 2.23. The van der Waals surface area contributed by atoms with Crippen molar-refractivity contribution in [1.29, 1.82) is 0 Å². The van der Waals surface area contributed by atoms with Crippen LogP contribution in [0.2, 0.25) is 0 Å². The molecule has 0 saturated heterocycles. The second-order valence-corrected chi connectivity index (χ2v) is 15.1. The number of phenolic OH excluding ortho intramolecular Hbond substituents is 2. The van der Waals surface area contributed by atoms with E-state index in [1.54, 1.807) is 12.4 Å². The Labute approximate surface area is 242 Å². The van der Waals surface area contributed by atoms with Gasteiger partial charge in [0.2, 0.25) is 0 Å². The van der Waals surface area contributed by atoms with Crippen molar-refractivity contribution in [2.75, 3.05) is 26.2 Å². The molecule has 0 atom stereocenters. The molecule has 0 aromatic heterocycles. The molecule has 3 rings (SSSR count). The number of hydrogen-bond donors (Lipinski definition) is 4. The number of aliphatic imine (C=N–C) groups is 2. The Bertz CT molecular complexity index is 1150. The molecule has 0 aliphatic carbocycles. The van der Waals surface area contributed by atoms with Gasteiger partial charge in [-0.05, 0) is 39.5 Å². The van der Waals surface area contributed by atoms with Crippen molar-refractivity contribution in [2.45, 2.75) is 93.2 Å². The minimum atomic E-state index is -0.192. The van der Waals surface area contributed by atoms with Crippen molar-refractivity contribution in [3.05, 3.63) is 57.6 Å². The highest BCUT2D eigenvalue weighted by Crippen LogP contribution is 2.32. The van der Waals surface area contributed by atoms with E-state index in [4.69, 9.17) is 9.98 Å². The van der Waals surface area contributed by atoms with E-state index >= 15 is 0 Å². The molecule has 6 nitrogen and oxygen atoms in total. The summed E-state index contributed by atoms with van der Waals surface area (Å²) in [6.45, 7) is 25.6. The molecular weight excluding hydrogens is 496 g/mol. The first-order valence-corrected chi connectivity index (χ1v) is 14.5. The first-order chi connectivity index (χ1) is 18.4. The van der Waals surface area contributed by atoms with E-state index in [1.807, 2.05) is 0 Å². The van der Waals surface area contributed by atoms with Gasteiger partial charge in [-0.1, -0.05) is 81.4 Å². The molecule has 0 spiro atoms. The molecule has 40 heavy (non-hydrogen) atoms. The standard InChI is InChI=1S/C34H52N4O2/c1-31(2,3)27-11-23-15-35-19-33(7,8)21-37-17-25-13-28(32(4,5)6)14-26(30(25)40)18-38-22-34(9,10)20-36-16-24(12-27)29(23)39/h11-15,17,36,38-40H,16,18-22H2,1-10H3/b35-15+,37-17+. The number of hydrogen-bond acceptors (Lipinski definition) is 6. The molecule has 0 unspecified atom stereocenters. The van der Waals surface area contributed by atoms with Crippen molar-refractivity contribution >= 4 is 12.4 Å². The van der Waals surface area contributed by atoms with Crippen LogP contribution in [-0.4, -0.2) is 48.8 Å². The van der Waals surface area contributed by atoms with Crippen LogP contribution in [0.25, 0.3) is 0 Å². The summed E-state index contributed by atoms with van der Waals surface area (Å²) in [4.78, 5) is 9.49. The summed E-state index contributed by atoms with van der Waals surface area (Å²) in [6.07, 6.45) is 3.60. The molecule has 1 aliphatic heterocycles. The lowest BCUT2D eigenvalue weighted by atomic mass is 9.84. The van der Waals surface area contributed by atoms with E-state index in [9.17, 15) is 10.2 Å². The normalized spacial score (nSPS) is 20.4. The number of aromatic hydroxyl groups is 2. The zero-order valence-corrected chi connectivity index (χ0v) is 26.5. The van der Waals surface area contributed by atoms with Crippen LogP contribution in [-0.2, 0) is 23.9 Å². The lowest BCUT2D eigenvalue weighted by molar-refractivity contribution is 0.317. The maximum Gasteiger partial charge on any atom is 0.128 e. The fourth-order valence-corrected chi connectivity index (χ4v) is 4.74. The van der Waals surface area contributed by atoms with Gasteiger partial charge in [0.15, 0.2) is 0 Å². The minimum absolute atomic E-state index is 0.0461. The van der Waals surface area contributed by atoms with Gasteiger partial charge in [0.05, 0.1) is 0 Å². The second kappa shape index (κ2) is 12.0. The molecule has 4 N–H and O–H groups in total. The molecule has 1 aliphatic rings. The minimum Gasteiger partial charge on any atom is -0.507 e. The van der Waals surface area contributed by atoms with Gasteiger partial charge in [-0.15, -0.1) is 0 Å². The third kappa shape index (κ3) is 8.65. The highest BCUT2D eigenvalue weighted by molar-refractivity contribution is 5.85. The molecule has 220 valence electrons. The number of phenols is 2. The number of nitrogens with zero attached hydrogens (tertiary/aromatic N) is 2. The first-order valence-electron chi connectivity index (χ1n) is 14.5. The number of nitrogens with one attached hydrogen (secondary N) is 2. The Balaban J connectivity index is 2.00. The Morgan fingerprint density at radius 1 is 0.625 bits per heavy atom. The molecule has 0 radical (unpaired) electrons. The van der Waals surface area contributed by atoms with Crippen molar-refractivity contribution in [3.8, 4) is 11.5 Å². The Hall–Kier alpha value is -2.70. The highest BCUT2D eigenvalue weighted by atomic mass is 16.3. The third-order valence-electron chi connectivity index (χ3n) is 7.51. The van der Waals surface area contributed by atoms with E-state index in [0.29, 0.717) is 26.2 Å². The van der Waals surface area contributed by atoms with Gasteiger partial charge in [-0.25, -0.2) is 0 Å². The van der Waals surface area contributed by atoms with Crippen LogP contribution in [0.1, 0.15) is 103 Å². The van der Waals surface area contributed by atoms with Crippen LogP contribution < -0.4 is 10.6 Å². The Morgan fingerprint density at radius 3 is 1.35 bits per heavy atom. The Kier molecular flexibility index (Phi) is 9.58. The summed E-state index contributed by atoms with van der Waals surface area (Å²) in [5.74, 6) is 0.572. The molecule has 0 fully saturated rings. The predicted octanol–water partition coefficient (Wildman–Crippen LogP) is 6.48. The van der Waals surface area contributed by atoms with Gasteiger partial charge >= 0.3 is 0 Å². The zero-order valence-electron chi connectivity index (χ0n) is 26.5. The molecule has 2 aromatic carbocycles. The monoisotopic (exact) mass is 548 g/mol. The maximum atomic E-state index is 11.1. The van der Waals surface area contributed by atoms with Crippen molar-refractivity contribution < 1.29 is 10.2 Å². The van der Waals surface area contributed by atoms with Gasteiger partial charge in [0, 0.05) is 79.4 Å². The van der Waals surface area contributed by atoms with Gasteiger partial charge in [-0.2, -0.15) is 0 Å². The van der Waals surface area contributed by atoms with Crippen LogP contribution in [0.5, 0.6) is 11.5 Å². The summed E-state index contributed by atoms with van der Waals surface area (Å²) in [6, 6.07) is 8.32. The topological polar surface area (TPSA) is 89.2 Å². The first kappa shape index (κ1) is 31.8. The van der Waals surface area contributed by atoms with Crippen LogP contribution in [0.4, 0.5) is 0 Å². The van der Waals surface area contributed by atoms with Crippen LogP contribution in [0.15, 0.2) is 34.3 Å². The fourth-order valence-electron chi connectivity index (χ4n) is 4.74. The largest absolute Gasteiger partial charge is 0.507 e. The molecule has 6 heteroatoms. The van der Waals surface area contributed by atoms with Crippen molar-refractivity contribution in [2.24, 2.45) is 20.8 Å². The SMILES string of the molecule is CC1(C)C/N=C/c2cc(C(C)(C)C)cc(c2O)CNCC(C)(C)CNCc2cc(C(C)(C)C)cc(c2O)/C=N/C1. The summed E-state index contributed by atoms with van der Waals surface area (Å²) >= 11 is 0. The molecule has 0 saturated carbocycles. The van der Waals surface area contributed by atoms with Crippen LogP contribution in [0, 0.1) is 10.8 Å². The van der Waals surface area contributed by atoms with Gasteiger partial charge in [0.25, 0.3) is 0 Å². The smallest absolute Gasteiger partial charge is 0.128 e. The Morgan fingerprint density at radius 2 is 1.00 bits per heavy atom. The van der Waals surface area contributed by atoms with Gasteiger partial charge < -0.3 is 20.8 Å². The van der Waals surface area contributed by atoms with Crippen LogP contribution in [0.3, 0.4) is 0 Å². The number of benzene rings is 2. The van der Waals surface area contributed by atoms with Gasteiger partial charge in [0.1, 0.15) is 11.5 Å². The third-order valence-corrected chi connectivity index (χ3v) is 7.51. The molecular formula is C34H52N4O2. The van der Waals surface area contributed by atoms with E-state index in [0.717, 1.165) is 35.3 Å². The lowest BCUT2D eigenvalue weighted by Gasteiger charge is -2.27. The summed E-state index contributed by atoms with van der Waals surface area (Å²) < 4.78 is 0. The predicted molar refractivity (Wildman–Crippen MR) is 170 cm³/mol. The van der Waals surface area contributed by atoms with Crippen molar-refractivity contribution in [1.82, 2.24) is 10.6 Å². The van der Waals surface area contributed by atoms with E-state index < -0.39 is 0 Å². The van der Waals surface area contributed by atoms with E-state index in [-0.39, 0.29) is 33.2 Å². The number of rotatable bonds is 0.